The molecule has 1 aliphatic heterocycles. The van der Waals surface area contributed by atoms with Gasteiger partial charge in [-0.3, -0.25) is 4.79 Å². The van der Waals surface area contributed by atoms with E-state index < -0.39 is 9.84 Å². The second kappa shape index (κ2) is 7.79. The predicted molar refractivity (Wildman–Crippen MR) is 101 cm³/mol. The first-order valence-corrected chi connectivity index (χ1v) is 11.1. The summed E-state index contributed by atoms with van der Waals surface area (Å²) in [6.07, 6.45) is 1.15. The van der Waals surface area contributed by atoms with Gasteiger partial charge >= 0.3 is 0 Å². The molecule has 2 atom stereocenters. The van der Waals surface area contributed by atoms with Crippen LogP contribution in [0.1, 0.15) is 24.7 Å². The second-order valence-corrected chi connectivity index (χ2v) is 10.0. The maximum atomic E-state index is 12.3. The molecule has 1 amide bonds. The standard InChI is InChI=1S/C17H22N4O3S2/c1-12(16(22)18-14-8-9-26(23,24)11-14)25-17-20-19-15(21(17)2)10-13-6-4-3-5-7-13/h3-7,12,14H,8-11H2,1-2H3,(H,18,22)/t12-,14+/m0/s1. The maximum Gasteiger partial charge on any atom is 0.233 e. The van der Waals surface area contributed by atoms with Gasteiger partial charge in [0.2, 0.25) is 5.91 Å². The second-order valence-electron chi connectivity index (χ2n) is 6.49. The largest absolute Gasteiger partial charge is 0.351 e. The van der Waals surface area contributed by atoms with Crippen LogP contribution in [-0.4, -0.2) is 51.9 Å². The fourth-order valence-electron chi connectivity index (χ4n) is 2.82. The summed E-state index contributed by atoms with van der Waals surface area (Å²) in [4.78, 5) is 12.3. The summed E-state index contributed by atoms with van der Waals surface area (Å²) in [6, 6.07) is 9.72. The number of hydrogen-bond acceptors (Lipinski definition) is 6. The molecule has 7 nitrogen and oxygen atoms in total. The summed E-state index contributed by atoms with van der Waals surface area (Å²) in [6.45, 7) is 1.79. The zero-order valence-electron chi connectivity index (χ0n) is 14.8. The number of nitrogens with one attached hydrogen (secondary N) is 1. The van der Waals surface area contributed by atoms with Crippen LogP contribution in [0.15, 0.2) is 35.5 Å². The third-order valence-electron chi connectivity index (χ3n) is 4.36. The molecule has 9 heteroatoms. The average molecular weight is 395 g/mol. The van der Waals surface area contributed by atoms with Crippen LogP contribution in [0.25, 0.3) is 0 Å². The molecular weight excluding hydrogens is 372 g/mol. The minimum atomic E-state index is -3.01. The lowest BCUT2D eigenvalue weighted by Gasteiger charge is -2.15. The molecule has 1 aromatic heterocycles. The van der Waals surface area contributed by atoms with Gasteiger partial charge in [0.05, 0.1) is 16.8 Å². The Hall–Kier alpha value is -1.87. The van der Waals surface area contributed by atoms with Gasteiger partial charge in [-0.25, -0.2) is 8.42 Å². The maximum absolute atomic E-state index is 12.3. The third-order valence-corrected chi connectivity index (χ3v) is 7.26. The Kier molecular flexibility index (Phi) is 5.67. The molecule has 1 aromatic carbocycles. The number of thioether (sulfide) groups is 1. The summed E-state index contributed by atoms with van der Waals surface area (Å²) in [5, 5.41) is 11.5. The van der Waals surface area contributed by atoms with E-state index in [1.165, 1.54) is 11.8 Å². The summed E-state index contributed by atoms with van der Waals surface area (Å²) in [5.41, 5.74) is 1.15. The first kappa shape index (κ1) is 18.9. The number of carbonyl (C=O) groups is 1. The Bertz CT molecular complexity index is 881. The third kappa shape index (κ3) is 4.64. The number of carbonyl (C=O) groups excluding carboxylic acids is 1. The molecular formula is C17H22N4O3S2. The van der Waals surface area contributed by atoms with E-state index in [0.29, 0.717) is 18.0 Å². The molecule has 1 N–H and O–H groups in total. The van der Waals surface area contributed by atoms with Gasteiger partial charge < -0.3 is 9.88 Å². The van der Waals surface area contributed by atoms with Crippen molar-refractivity contribution in [3.8, 4) is 0 Å². The fraction of sp³-hybridized carbons (Fsp3) is 0.471. The molecule has 1 saturated heterocycles. The van der Waals surface area contributed by atoms with Crippen LogP contribution in [0.4, 0.5) is 0 Å². The van der Waals surface area contributed by atoms with Gasteiger partial charge in [-0.05, 0) is 18.9 Å². The number of rotatable bonds is 6. The van der Waals surface area contributed by atoms with Crippen LogP contribution in [0, 0.1) is 0 Å². The van der Waals surface area contributed by atoms with Crippen LogP contribution in [0.5, 0.6) is 0 Å². The zero-order valence-corrected chi connectivity index (χ0v) is 16.4. The van der Waals surface area contributed by atoms with Crippen molar-refractivity contribution < 1.29 is 13.2 Å². The van der Waals surface area contributed by atoms with Gasteiger partial charge in [0, 0.05) is 19.5 Å². The van der Waals surface area contributed by atoms with E-state index in [9.17, 15) is 13.2 Å². The highest BCUT2D eigenvalue weighted by molar-refractivity contribution is 8.00. The number of aromatic nitrogens is 3. The van der Waals surface area contributed by atoms with Crippen molar-refractivity contribution in [2.45, 2.75) is 36.2 Å². The molecule has 2 heterocycles. The molecule has 0 aliphatic carbocycles. The lowest BCUT2D eigenvalue weighted by atomic mass is 10.1. The highest BCUT2D eigenvalue weighted by atomic mass is 32.2. The smallest absolute Gasteiger partial charge is 0.233 e. The Balaban J connectivity index is 1.59. The molecule has 140 valence electrons. The van der Waals surface area contributed by atoms with Crippen molar-refractivity contribution in [3.63, 3.8) is 0 Å². The van der Waals surface area contributed by atoms with Gasteiger partial charge in [0.25, 0.3) is 0 Å². The summed E-state index contributed by atoms with van der Waals surface area (Å²) in [5.74, 6) is 0.824. The van der Waals surface area contributed by atoms with Crippen molar-refractivity contribution in [3.05, 3.63) is 41.7 Å². The van der Waals surface area contributed by atoms with E-state index >= 15 is 0 Å². The van der Waals surface area contributed by atoms with Crippen molar-refractivity contribution in [2.24, 2.45) is 7.05 Å². The monoisotopic (exact) mass is 394 g/mol. The molecule has 0 unspecified atom stereocenters. The van der Waals surface area contributed by atoms with Crippen LogP contribution >= 0.6 is 11.8 Å². The SMILES string of the molecule is C[C@H](Sc1nnc(Cc2ccccc2)n1C)C(=O)N[C@@H]1CCS(=O)(=O)C1. The number of nitrogens with zero attached hydrogens (tertiary/aromatic N) is 3. The van der Waals surface area contributed by atoms with E-state index in [0.717, 1.165) is 11.4 Å². The molecule has 2 aromatic rings. The Morgan fingerprint density at radius 2 is 2.08 bits per heavy atom. The number of sulfone groups is 1. The van der Waals surface area contributed by atoms with Crippen molar-refractivity contribution in [1.29, 1.82) is 0 Å². The van der Waals surface area contributed by atoms with Crippen LogP contribution in [-0.2, 0) is 28.1 Å². The minimum Gasteiger partial charge on any atom is -0.351 e. The molecule has 1 fully saturated rings. The number of hydrogen-bond donors (Lipinski definition) is 1. The van der Waals surface area contributed by atoms with Crippen LogP contribution in [0.2, 0.25) is 0 Å². The average Bonchev–Trinajstić information content (AvgIpc) is 3.11. The Labute approximate surface area is 157 Å². The number of amides is 1. The van der Waals surface area contributed by atoms with E-state index in [-0.39, 0.29) is 28.7 Å². The molecule has 0 bridgehead atoms. The van der Waals surface area contributed by atoms with Crippen molar-refractivity contribution in [1.82, 2.24) is 20.1 Å². The first-order chi connectivity index (χ1) is 12.3. The quantitative estimate of drug-likeness (QED) is 0.740. The van der Waals surface area contributed by atoms with Gasteiger partial charge in [0.1, 0.15) is 5.82 Å². The fourth-order valence-corrected chi connectivity index (χ4v) is 5.34. The highest BCUT2D eigenvalue weighted by Gasteiger charge is 2.30. The molecule has 0 radical (unpaired) electrons. The van der Waals surface area contributed by atoms with Gasteiger partial charge in [-0.1, -0.05) is 42.1 Å². The molecule has 26 heavy (non-hydrogen) atoms. The van der Waals surface area contributed by atoms with Crippen molar-refractivity contribution >= 4 is 27.5 Å². The normalized spacial score (nSPS) is 20.0. The summed E-state index contributed by atoms with van der Waals surface area (Å²) >= 11 is 1.32. The van der Waals surface area contributed by atoms with E-state index in [4.69, 9.17) is 0 Å². The summed E-state index contributed by atoms with van der Waals surface area (Å²) in [7, 11) is -1.12. The number of benzene rings is 1. The predicted octanol–water partition coefficient (Wildman–Crippen LogP) is 1.19. The van der Waals surface area contributed by atoms with Gasteiger partial charge in [0.15, 0.2) is 15.0 Å². The van der Waals surface area contributed by atoms with E-state index in [1.807, 2.05) is 41.9 Å². The Morgan fingerprint density at radius 3 is 2.73 bits per heavy atom. The molecule has 1 aliphatic rings. The van der Waals surface area contributed by atoms with Gasteiger partial charge in [-0.15, -0.1) is 10.2 Å². The minimum absolute atomic E-state index is 0.0291. The lowest BCUT2D eigenvalue weighted by Crippen LogP contribution is -2.40. The van der Waals surface area contributed by atoms with Crippen molar-refractivity contribution in [2.75, 3.05) is 11.5 Å². The van der Waals surface area contributed by atoms with E-state index in [2.05, 4.69) is 15.5 Å². The summed E-state index contributed by atoms with van der Waals surface area (Å²) < 4.78 is 24.9. The topological polar surface area (TPSA) is 93.9 Å². The lowest BCUT2D eigenvalue weighted by molar-refractivity contribution is -0.120. The molecule has 0 saturated carbocycles. The Morgan fingerprint density at radius 1 is 1.35 bits per heavy atom. The molecule has 3 rings (SSSR count). The van der Waals surface area contributed by atoms with Gasteiger partial charge in [-0.2, -0.15) is 0 Å². The van der Waals surface area contributed by atoms with E-state index in [1.54, 1.807) is 6.92 Å². The zero-order chi connectivity index (χ0) is 18.7. The first-order valence-electron chi connectivity index (χ1n) is 8.44. The van der Waals surface area contributed by atoms with Crippen LogP contribution in [0.3, 0.4) is 0 Å². The van der Waals surface area contributed by atoms with Crippen LogP contribution < -0.4 is 5.32 Å². The highest BCUT2D eigenvalue weighted by Crippen LogP contribution is 2.23. The molecule has 0 spiro atoms.